The van der Waals surface area contributed by atoms with Crippen LogP contribution in [0.2, 0.25) is 5.02 Å². The molecular formula is C16H24Cl2N2O. The third-order valence-electron chi connectivity index (χ3n) is 3.91. The van der Waals surface area contributed by atoms with Gasteiger partial charge < -0.3 is 11.1 Å². The number of fused-ring (bicyclic) bond motifs is 1. The fraction of sp³-hybridized carbons (Fsp3) is 0.562. The van der Waals surface area contributed by atoms with Crippen molar-refractivity contribution >= 4 is 29.9 Å². The van der Waals surface area contributed by atoms with Crippen molar-refractivity contribution in [2.24, 2.45) is 5.73 Å². The van der Waals surface area contributed by atoms with Crippen LogP contribution in [0.5, 0.6) is 0 Å². The van der Waals surface area contributed by atoms with E-state index in [0.29, 0.717) is 6.42 Å². The van der Waals surface area contributed by atoms with E-state index in [1.54, 1.807) is 0 Å². The maximum atomic E-state index is 12.0. The first-order valence-electron chi connectivity index (χ1n) is 7.49. The SMILES string of the molecule is Cl.NCCCCCCC(=O)NC1CCc2c(Cl)cccc21. The molecule has 5 heteroatoms. The maximum absolute atomic E-state index is 12.0. The molecule has 0 aromatic heterocycles. The highest BCUT2D eigenvalue weighted by atomic mass is 35.5. The van der Waals surface area contributed by atoms with Crippen LogP contribution in [-0.2, 0) is 11.2 Å². The summed E-state index contributed by atoms with van der Waals surface area (Å²) in [7, 11) is 0. The van der Waals surface area contributed by atoms with E-state index >= 15 is 0 Å². The molecule has 0 radical (unpaired) electrons. The predicted molar refractivity (Wildman–Crippen MR) is 90.0 cm³/mol. The summed E-state index contributed by atoms with van der Waals surface area (Å²) >= 11 is 6.18. The fourth-order valence-corrected chi connectivity index (χ4v) is 3.09. The molecular weight excluding hydrogens is 307 g/mol. The largest absolute Gasteiger partial charge is 0.349 e. The highest BCUT2D eigenvalue weighted by molar-refractivity contribution is 6.31. The number of amides is 1. The van der Waals surface area contributed by atoms with E-state index in [1.807, 2.05) is 12.1 Å². The third-order valence-corrected chi connectivity index (χ3v) is 4.26. The lowest BCUT2D eigenvalue weighted by molar-refractivity contribution is -0.121. The Morgan fingerprint density at radius 3 is 2.81 bits per heavy atom. The molecule has 0 heterocycles. The van der Waals surface area contributed by atoms with Gasteiger partial charge in [0.25, 0.3) is 0 Å². The average Bonchev–Trinajstić information content (AvgIpc) is 2.83. The summed E-state index contributed by atoms with van der Waals surface area (Å²) in [6, 6.07) is 6.08. The number of hydrogen-bond acceptors (Lipinski definition) is 2. The Hall–Kier alpha value is -0.770. The summed E-state index contributed by atoms with van der Waals surface area (Å²) in [5.74, 6) is 0.149. The van der Waals surface area contributed by atoms with Crippen LogP contribution in [0.3, 0.4) is 0 Å². The molecule has 3 nitrogen and oxygen atoms in total. The van der Waals surface area contributed by atoms with Crippen LogP contribution in [0.25, 0.3) is 0 Å². The predicted octanol–water partition coefficient (Wildman–Crippen LogP) is 3.77. The van der Waals surface area contributed by atoms with Crippen molar-refractivity contribution in [3.63, 3.8) is 0 Å². The molecule has 3 N–H and O–H groups in total. The van der Waals surface area contributed by atoms with Gasteiger partial charge in [-0.3, -0.25) is 4.79 Å². The molecule has 0 saturated carbocycles. The molecule has 0 spiro atoms. The lowest BCUT2D eigenvalue weighted by Crippen LogP contribution is -2.26. The van der Waals surface area contributed by atoms with E-state index in [1.165, 1.54) is 11.1 Å². The highest BCUT2D eigenvalue weighted by Gasteiger charge is 2.25. The molecule has 0 bridgehead atoms. The lowest BCUT2D eigenvalue weighted by Gasteiger charge is -2.14. The summed E-state index contributed by atoms with van der Waals surface area (Å²) in [4.78, 5) is 12.0. The Bertz CT molecular complexity index is 466. The third kappa shape index (κ3) is 5.17. The molecule has 0 fully saturated rings. The van der Waals surface area contributed by atoms with Crippen molar-refractivity contribution in [3.8, 4) is 0 Å². The van der Waals surface area contributed by atoms with E-state index < -0.39 is 0 Å². The minimum absolute atomic E-state index is 0. The zero-order valence-electron chi connectivity index (χ0n) is 12.2. The monoisotopic (exact) mass is 330 g/mol. The molecule has 1 aliphatic rings. The molecule has 0 saturated heterocycles. The molecule has 1 aromatic rings. The lowest BCUT2D eigenvalue weighted by atomic mass is 10.1. The number of unbranched alkanes of at least 4 members (excludes halogenated alkanes) is 3. The Morgan fingerprint density at radius 2 is 2.05 bits per heavy atom. The molecule has 1 atom stereocenters. The van der Waals surface area contributed by atoms with Gasteiger partial charge in [0.15, 0.2) is 0 Å². The maximum Gasteiger partial charge on any atom is 0.220 e. The molecule has 1 aliphatic carbocycles. The highest BCUT2D eigenvalue weighted by Crippen LogP contribution is 2.35. The normalized spacial score (nSPS) is 16.2. The second-order valence-corrected chi connectivity index (χ2v) is 5.83. The second kappa shape index (κ2) is 9.29. The first kappa shape index (κ1) is 18.3. The van der Waals surface area contributed by atoms with E-state index in [9.17, 15) is 4.79 Å². The average molecular weight is 331 g/mol. The minimum atomic E-state index is 0. The smallest absolute Gasteiger partial charge is 0.220 e. The van der Waals surface area contributed by atoms with Gasteiger partial charge in [0.2, 0.25) is 5.91 Å². The van der Waals surface area contributed by atoms with Gasteiger partial charge in [-0.15, -0.1) is 12.4 Å². The summed E-state index contributed by atoms with van der Waals surface area (Å²) in [5, 5.41) is 3.95. The van der Waals surface area contributed by atoms with E-state index in [4.69, 9.17) is 17.3 Å². The van der Waals surface area contributed by atoms with Crippen LogP contribution in [-0.4, -0.2) is 12.5 Å². The van der Waals surface area contributed by atoms with Gasteiger partial charge in [-0.05, 0) is 49.4 Å². The summed E-state index contributed by atoms with van der Waals surface area (Å²) in [5.41, 5.74) is 7.83. The molecule has 21 heavy (non-hydrogen) atoms. The molecule has 1 amide bonds. The Labute approximate surface area is 138 Å². The quantitative estimate of drug-likeness (QED) is 0.747. The van der Waals surface area contributed by atoms with Crippen molar-refractivity contribution in [2.75, 3.05) is 6.54 Å². The topological polar surface area (TPSA) is 55.1 Å². The molecule has 1 aromatic carbocycles. The Kier molecular flexibility index (Phi) is 8.09. The first-order valence-corrected chi connectivity index (χ1v) is 7.87. The minimum Gasteiger partial charge on any atom is -0.349 e. The van der Waals surface area contributed by atoms with Gasteiger partial charge >= 0.3 is 0 Å². The zero-order valence-corrected chi connectivity index (χ0v) is 13.8. The van der Waals surface area contributed by atoms with Crippen LogP contribution >= 0.6 is 24.0 Å². The number of nitrogens with one attached hydrogen (secondary N) is 1. The van der Waals surface area contributed by atoms with Gasteiger partial charge in [-0.1, -0.05) is 36.6 Å². The van der Waals surface area contributed by atoms with E-state index in [-0.39, 0.29) is 24.4 Å². The van der Waals surface area contributed by atoms with Crippen LogP contribution in [0.1, 0.15) is 55.7 Å². The standard InChI is InChI=1S/C16H23ClN2O.ClH/c17-14-7-5-6-13-12(14)9-10-15(13)19-16(20)8-3-1-2-4-11-18;/h5-7,15H,1-4,8-11,18H2,(H,19,20);1H. The van der Waals surface area contributed by atoms with Crippen LogP contribution in [0.4, 0.5) is 0 Å². The summed E-state index contributed by atoms with van der Waals surface area (Å²) in [6.45, 7) is 0.742. The van der Waals surface area contributed by atoms with Crippen LogP contribution in [0.15, 0.2) is 18.2 Å². The van der Waals surface area contributed by atoms with Crippen molar-refractivity contribution in [2.45, 2.75) is 51.0 Å². The molecule has 118 valence electrons. The number of halogens is 2. The van der Waals surface area contributed by atoms with Crippen molar-refractivity contribution in [1.29, 1.82) is 0 Å². The first-order chi connectivity index (χ1) is 9.72. The molecule has 1 unspecified atom stereocenters. The number of carbonyl (C=O) groups excluding carboxylic acids is 1. The van der Waals surface area contributed by atoms with Crippen LogP contribution < -0.4 is 11.1 Å². The van der Waals surface area contributed by atoms with E-state index in [0.717, 1.165) is 50.1 Å². The van der Waals surface area contributed by atoms with Gasteiger partial charge in [0.05, 0.1) is 6.04 Å². The molecule has 2 rings (SSSR count). The van der Waals surface area contributed by atoms with Gasteiger partial charge in [0.1, 0.15) is 0 Å². The number of nitrogens with two attached hydrogens (primary N) is 1. The fourth-order valence-electron chi connectivity index (χ4n) is 2.81. The van der Waals surface area contributed by atoms with Crippen molar-refractivity contribution in [3.05, 3.63) is 34.3 Å². The zero-order chi connectivity index (χ0) is 14.4. The van der Waals surface area contributed by atoms with Crippen molar-refractivity contribution < 1.29 is 4.79 Å². The Balaban J connectivity index is 0.00000220. The van der Waals surface area contributed by atoms with Gasteiger partial charge in [0, 0.05) is 11.4 Å². The molecule has 0 aliphatic heterocycles. The summed E-state index contributed by atoms with van der Waals surface area (Å²) in [6.07, 6.45) is 6.71. The van der Waals surface area contributed by atoms with Gasteiger partial charge in [-0.25, -0.2) is 0 Å². The second-order valence-electron chi connectivity index (χ2n) is 5.42. The van der Waals surface area contributed by atoms with Crippen LogP contribution in [0, 0.1) is 0 Å². The number of hydrogen-bond donors (Lipinski definition) is 2. The number of benzene rings is 1. The summed E-state index contributed by atoms with van der Waals surface area (Å²) < 4.78 is 0. The van der Waals surface area contributed by atoms with E-state index in [2.05, 4.69) is 11.4 Å². The number of carbonyl (C=O) groups is 1. The van der Waals surface area contributed by atoms with Gasteiger partial charge in [-0.2, -0.15) is 0 Å². The Morgan fingerprint density at radius 1 is 1.29 bits per heavy atom. The number of rotatable bonds is 7. The van der Waals surface area contributed by atoms with Crippen molar-refractivity contribution in [1.82, 2.24) is 5.32 Å².